The van der Waals surface area contributed by atoms with Crippen LogP contribution in [-0.4, -0.2) is 32.8 Å². The number of Topliss-reactive ketones (excluding diaryl/α,β-unsaturated/α-hetero) is 1. The first-order valence-corrected chi connectivity index (χ1v) is 10.6. The molecule has 1 amide bonds. The Morgan fingerprint density at radius 3 is 2.32 bits per heavy atom. The Balaban J connectivity index is 1.63. The molecule has 2 N–H and O–H groups in total. The van der Waals surface area contributed by atoms with E-state index < -0.39 is 23.7 Å². The first-order chi connectivity index (χ1) is 16.5. The van der Waals surface area contributed by atoms with E-state index in [9.17, 15) is 19.5 Å². The number of likely N-dealkylation sites (tertiary alicyclic amines) is 1. The highest BCUT2D eigenvalue weighted by molar-refractivity contribution is 6.46. The summed E-state index contributed by atoms with van der Waals surface area (Å²) in [6.45, 7) is 0.0299. The van der Waals surface area contributed by atoms with Crippen LogP contribution in [0.4, 0.5) is 0 Å². The van der Waals surface area contributed by atoms with Gasteiger partial charge in [-0.3, -0.25) is 9.59 Å². The van der Waals surface area contributed by atoms with Gasteiger partial charge in [-0.25, -0.2) is 4.79 Å². The van der Waals surface area contributed by atoms with E-state index >= 15 is 0 Å². The predicted octanol–water partition coefficient (Wildman–Crippen LogP) is 4.75. The number of carboxylic acid groups (broad SMARTS) is 1. The highest BCUT2D eigenvalue weighted by Crippen LogP contribution is 2.41. The zero-order chi connectivity index (χ0) is 23.8. The Kier molecular flexibility index (Phi) is 5.22. The average molecular weight is 453 g/mol. The van der Waals surface area contributed by atoms with Crippen LogP contribution < -0.4 is 0 Å². The molecule has 2 heterocycles. The van der Waals surface area contributed by atoms with Gasteiger partial charge in [-0.15, -0.1) is 0 Å². The summed E-state index contributed by atoms with van der Waals surface area (Å²) in [5.41, 5.74) is 1.13. The zero-order valence-electron chi connectivity index (χ0n) is 17.8. The van der Waals surface area contributed by atoms with E-state index in [1.165, 1.54) is 23.3 Å². The van der Waals surface area contributed by atoms with Gasteiger partial charge in [0.2, 0.25) is 0 Å². The van der Waals surface area contributed by atoms with Gasteiger partial charge >= 0.3 is 5.97 Å². The van der Waals surface area contributed by atoms with Crippen molar-refractivity contribution in [3.63, 3.8) is 0 Å². The van der Waals surface area contributed by atoms with Crippen LogP contribution in [0.5, 0.6) is 0 Å². The molecule has 1 fully saturated rings. The first-order valence-electron chi connectivity index (χ1n) is 10.6. The van der Waals surface area contributed by atoms with Crippen LogP contribution in [0, 0.1) is 0 Å². The van der Waals surface area contributed by atoms with Crippen LogP contribution in [0.25, 0.3) is 16.5 Å². The lowest BCUT2D eigenvalue weighted by Crippen LogP contribution is -2.29. The van der Waals surface area contributed by atoms with Gasteiger partial charge in [-0.05, 0) is 40.6 Å². The molecule has 34 heavy (non-hydrogen) atoms. The quantitative estimate of drug-likeness (QED) is 0.256. The SMILES string of the molecule is O=C1C(=O)N(Cc2ccc(C(=O)O)cc2)C(c2ccco2)/C1=C(/O)c1cccc2ccccc12. The molecular formula is C27H19NO6. The number of aliphatic hydroxyl groups excluding tert-OH is 1. The van der Waals surface area contributed by atoms with Crippen molar-refractivity contribution in [2.45, 2.75) is 12.6 Å². The largest absolute Gasteiger partial charge is 0.507 e. The van der Waals surface area contributed by atoms with Crippen LogP contribution in [0.1, 0.15) is 33.3 Å². The van der Waals surface area contributed by atoms with Gasteiger partial charge in [0.25, 0.3) is 11.7 Å². The molecule has 1 aliphatic heterocycles. The Morgan fingerprint density at radius 2 is 1.62 bits per heavy atom. The molecular weight excluding hydrogens is 434 g/mol. The van der Waals surface area contributed by atoms with Crippen molar-refractivity contribution in [2.75, 3.05) is 0 Å². The summed E-state index contributed by atoms with van der Waals surface area (Å²) in [4.78, 5) is 38.7. The molecule has 168 valence electrons. The van der Waals surface area contributed by atoms with Crippen molar-refractivity contribution in [1.29, 1.82) is 0 Å². The number of fused-ring (bicyclic) bond motifs is 1. The van der Waals surface area contributed by atoms with Crippen LogP contribution in [0.3, 0.4) is 0 Å². The lowest BCUT2D eigenvalue weighted by atomic mass is 9.96. The fourth-order valence-electron chi connectivity index (χ4n) is 4.31. The number of rotatable bonds is 5. The molecule has 1 aromatic heterocycles. The first kappa shape index (κ1) is 21.2. The number of benzene rings is 3. The second-order valence-corrected chi connectivity index (χ2v) is 7.97. The van der Waals surface area contributed by atoms with Crippen molar-refractivity contribution in [1.82, 2.24) is 4.90 Å². The molecule has 7 nitrogen and oxygen atoms in total. The number of hydrogen-bond donors (Lipinski definition) is 2. The molecule has 0 saturated carbocycles. The fraction of sp³-hybridized carbons (Fsp3) is 0.0741. The van der Waals surface area contributed by atoms with E-state index in [0.29, 0.717) is 16.9 Å². The minimum absolute atomic E-state index is 0.0299. The van der Waals surface area contributed by atoms with Gasteiger partial charge in [-0.1, -0.05) is 54.6 Å². The summed E-state index contributed by atoms with van der Waals surface area (Å²) in [5, 5.41) is 22.1. The molecule has 0 aliphatic carbocycles. The maximum absolute atomic E-state index is 13.2. The second-order valence-electron chi connectivity index (χ2n) is 7.97. The topological polar surface area (TPSA) is 108 Å². The third kappa shape index (κ3) is 3.53. The van der Waals surface area contributed by atoms with Crippen molar-refractivity contribution in [2.24, 2.45) is 0 Å². The normalized spacial score (nSPS) is 17.4. The summed E-state index contributed by atoms with van der Waals surface area (Å²) in [6, 6.07) is 21.2. The van der Waals surface area contributed by atoms with Crippen molar-refractivity contribution in [3.05, 3.63) is 113 Å². The summed E-state index contributed by atoms with van der Waals surface area (Å²) < 4.78 is 5.57. The van der Waals surface area contributed by atoms with Crippen LogP contribution in [0.2, 0.25) is 0 Å². The number of aromatic carboxylic acids is 1. The monoisotopic (exact) mass is 453 g/mol. The second kappa shape index (κ2) is 8.37. The minimum atomic E-state index is -1.06. The number of furan rings is 1. The van der Waals surface area contributed by atoms with Crippen LogP contribution in [-0.2, 0) is 16.1 Å². The van der Waals surface area contributed by atoms with E-state index in [0.717, 1.165) is 10.8 Å². The highest BCUT2D eigenvalue weighted by Gasteiger charge is 2.47. The molecule has 1 aliphatic rings. The van der Waals surface area contributed by atoms with E-state index in [4.69, 9.17) is 9.52 Å². The van der Waals surface area contributed by atoms with Crippen LogP contribution in [0.15, 0.2) is 95.1 Å². The summed E-state index contributed by atoms with van der Waals surface area (Å²) in [7, 11) is 0. The summed E-state index contributed by atoms with van der Waals surface area (Å²) >= 11 is 0. The van der Waals surface area contributed by atoms with E-state index in [1.807, 2.05) is 30.3 Å². The Labute approximate surface area is 194 Å². The molecule has 1 atom stereocenters. The van der Waals surface area contributed by atoms with Gasteiger partial charge in [0.05, 0.1) is 17.4 Å². The molecule has 4 aromatic rings. The maximum Gasteiger partial charge on any atom is 0.335 e. The molecule has 1 saturated heterocycles. The van der Waals surface area contributed by atoms with Gasteiger partial charge < -0.3 is 19.5 Å². The Bertz CT molecular complexity index is 1450. The number of hydrogen-bond acceptors (Lipinski definition) is 5. The molecule has 0 radical (unpaired) electrons. The number of nitrogens with zero attached hydrogens (tertiary/aromatic N) is 1. The molecule has 7 heteroatoms. The average Bonchev–Trinajstić information content (AvgIpc) is 3.46. The number of carboxylic acids is 1. The Hall–Kier alpha value is -4.65. The highest BCUT2D eigenvalue weighted by atomic mass is 16.4. The van der Waals surface area contributed by atoms with Gasteiger partial charge in [0.1, 0.15) is 17.6 Å². The molecule has 1 unspecified atom stereocenters. The maximum atomic E-state index is 13.2. The lowest BCUT2D eigenvalue weighted by molar-refractivity contribution is -0.140. The van der Waals surface area contributed by atoms with Crippen LogP contribution >= 0.6 is 0 Å². The third-order valence-electron chi connectivity index (χ3n) is 5.95. The number of carbonyl (C=O) groups is 3. The number of carbonyl (C=O) groups excluding carboxylic acids is 2. The fourth-order valence-corrected chi connectivity index (χ4v) is 4.31. The molecule has 5 rings (SSSR count). The van der Waals surface area contributed by atoms with Crippen molar-refractivity contribution >= 4 is 34.2 Å². The number of amides is 1. The van der Waals surface area contributed by atoms with Crippen molar-refractivity contribution < 1.29 is 29.0 Å². The molecule has 0 bridgehead atoms. The van der Waals surface area contributed by atoms with Gasteiger partial charge in [0.15, 0.2) is 0 Å². The summed E-state index contributed by atoms with van der Waals surface area (Å²) in [6.07, 6.45) is 1.44. The Morgan fingerprint density at radius 1 is 0.882 bits per heavy atom. The van der Waals surface area contributed by atoms with E-state index in [1.54, 1.807) is 36.4 Å². The number of ketones is 1. The summed E-state index contributed by atoms with van der Waals surface area (Å²) in [5.74, 6) is -2.58. The molecule has 3 aromatic carbocycles. The molecule has 0 spiro atoms. The van der Waals surface area contributed by atoms with Gasteiger partial charge in [-0.2, -0.15) is 0 Å². The predicted molar refractivity (Wildman–Crippen MR) is 124 cm³/mol. The minimum Gasteiger partial charge on any atom is -0.507 e. The third-order valence-corrected chi connectivity index (χ3v) is 5.95. The lowest BCUT2D eigenvalue weighted by Gasteiger charge is -2.23. The zero-order valence-corrected chi connectivity index (χ0v) is 17.8. The van der Waals surface area contributed by atoms with Gasteiger partial charge in [0, 0.05) is 12.1 Å². The van der Waals surface area contributed by atoms with Crippen molar-refractivity contribution in [3.8, 4) is 0 Å². The van der Waals surface area contributed by atoms with E-state index in [-0.39, 0.29) is 23.4 Å². The smallest absolute Gasteiger partial charge is 0.335 e. The van der Waals surface area contributed by atoms with E-state index in [2.05, 4.69) is 0 Å². The number of aliphatic hydroxyl groups is 1. The standard InChI is InChI=1S/C27H19NO6/c29-24(20-8-3-6-17-5-1-2-7-19(17)20)22-23(21-9-4-14-34-21)28(26(31)25(22)30)15-16-10-12-18(13-11-16)27(32)33/h1-14,23,29H,15H2,(H,32,33)/b24-22-.